The Kier molecular flexibility index (Phi) is 4.97. The van der Waals surface area contributed by atoms with Gasteiger partial charge in [-0.25, -0.2) is 9.18 Å². The molecule has 0 bridgehead atoms. The third kappa shape index (κ3) is 4.31. The number of methoxy groups -OCH3 is 1. The summed E-state index contributed by atoms with van der Waals surface area (Å²) in [4.78, 5) is 12.2. The predicted octanol–water partition coefficient (Wildman–Crippen LogP) is 3.76. The van der Waals surface area contributed by atoms with Crippen molar-refractivity contribution in [2.45, 2.75) is 24.9 Å². The van der Waals surface area contributed by atoms with Crippen molar-refractivity contribution in [3.8, 4) is 5.75 Å². The smallest absolute Gasteiger partial charge is 0.320 e. The van der Waals surface area contributed by atoms with Crippen LogP contribution in [0.15, 0.2) is 60.8 Å². The van der Waals surface area contributed by atoms with Gasteiger partial charge in [-0.2, -0.15) is 5.10 Å². The number of nitrogens with one attached hydrogen (secondary N) is 2. The van der Waals surface area contributed by atoms with Crippen LogP contribution >= 0.6 is 0 Å². The molecule has 0 saturated heterocycles. The van der Waals surface area contributed by atoms with Crippen LogP contribution in [0.1, 0.15) is 23.5 Å². The van der Waals surface area contributed by atoms with Gasteiger partial charge in [-0.1, -0.05) is 24.3 Å². The highest BCUT2D eigenvalue weighted by Crippen LogP contribution is 2.40. The van der Waals surface area contributed by atoms with E-state index in [1.165, 1.54) is 12.1 Å². The van der Waals surface area contributed by atoms with Crippen molar-refractivity contribution in [3.05, 3.63) is 77.7 Å². The number of carbonyl (C=O) groups excluding carboxylic acids is 1. The number of rotatable bonds is 6. The van der Waals surface area contributed by atoms with E-state index in [4.69, 9.17) is 4.74 Å². The van der Waals surface area contributed by atoms with Gasteiger partial charge in [-0.05, 0) is 41.8 Å². The van der Waals surface area contributed by atoms with Gasteiger partial charge >= 0.3 is 6.03 Å². The molecule has 1 heterocycles. The first kappa shape index (κ1) is 18.0. The molecule has 6 nitrogen and oxygen atoms in total. The minimum Gasteiger partial charge on any atom is -0.497 e. The van der Waals surface area contributed by atoms with Crippen LogP contribution in [0, 0.1) is 5.82 Å². The third-order valence-electron chi connectivity index (χ3n) is 4.77. The first-order chi connectivity index (χ1) is 13.6. The highest BCUT2D eigenvalue weighted by atomic mass is 19.1. The van der Waals surface area contributed by atoms with E-state index in [1.807, 2.05) is 36.5 Å². The maximum atomic E-state index is 13.3. The number of nitrogens with zero attached hydrogens (tertiary/aromatic N) is 2. The molecule has 3 aromatic rings. The maximum Gasteiger partial charge on any atom is 0.320 e. The first-order valence-electron chi connectivity index (χ1n) is 9.10. The second-order valence-corrected chi connectivity index (χ2v) is 6.85. The second kappa shape index (κ2) is 7.72. The number of benzene rings is 2. The average Bonchev–Trinajstić information content (AvgIpc) is 3.32. The van der Waals surface area contributed by atoms with Crippen molar-refractivity contribution in [2.24, 2.45) is 0 Å². The van der Waals surface area contributed by atoms with Crippen LogP contribution in [0.25, 0.3) is 0 Å². The van der Waals surface area contributed by atoms with Crippen LogP contribution in [-0.4, -0.2) is 29.0 Å². The molecule has 4 rings (SSSR count). The van der Waals surface area contributed by atoms with Crippen LogP contribution in [0.2, 0.25) is 0 Å². The number of aromatic nitrogens is 2. The lowest BCUT2D eigenvalue weighted by Crippen LogP contribution is -2.31. The number of urea groups is 1. The minimum absolute atomic E-state index is 0.0168. The van der Waals surface area contributed by atoms with Crippen molar-refractivity contribution in [3.63, 3.8) is 0 Å². The summed E-state index contributed by atoms with van der Waals surface area (Å²) in [5.41, 5.74) is 1.99. The summed E-state index contributed by atoms with van der Waals surface area (Å²) in [6, 6.07) is 15.7. The molecule has 28 heavy (non-hydrogen) atoms. The van der Waals surface area contributed by atoms with Gasteiger partial charge < -0.3 is 10.1 Å². The highest BCUT2D eigenvalue weighted by Gasteiger charge is 2.39. The Morgan fingerprint density at radius 1 is 1.25 bits per heavy atom. The van der Waals surface area contributed by atoms with Gasteiger partial charge in [-0.15, -0.1) is 0 Å². The Balaban J connectivity index is 1.28. The zero-order valence-corrected chi connectivity index (χ0v) is 15.4. The lowest BCUT2D eigenvalue weighted by Gasteiger charge is -2.06. The quantitative estimate of drug-likeness (QED) is 0.684. The van der Waals surface area contributed by atoms with Crippen LogP contribution in [0.3, 0.4) is 0 Å². The Labute approximate surface area is 162 Å². The number of carbonyl (C=O) groups is 1. The number of ether oxygens (including phenoxy) is 1. The molecule has 1 fully saturated rings. The summed E-state index contributed by atoms with van der Waals surface area (Å²) in [6.07, 6.45) is 2.62. The molecule has 1 aliphatic rings. The fraction of sp³-hybridized carbons (Fsp3) is 0.238. The summed E-state index contributed by atoms with van der Waals surface area (Å²) < 4.78 is 20.2. The summed E-state index contributed by atoms with van der Waals surface area (Å²) in [6.45, 7) is 0.595. The molecule has 2 N–H and O–H groups in total. The Morgan fingerprint density at radius 3 is 2.82 bits per heavy atom. The molecule has 0 radical (unpaired) electrons. The predicted molar refractivity (Wildman–Crippen MR) is 104 cm³/mol. The SMILES string of the molecule is COc1ccc(Cn2ccc(NC(=O)N[C@@H]3C[C@H]3c3cccc(F)c3)n2)cc1. The number of hydrogen-bond acceptors (Lipinski definition) is 3. The van der Waals surface area contributed by atoms with Crippen molar-refractivity contribution in [2.75, 3.05) is 12.4 Å². The van der Waals surface area contributed by atoms with E-state index in [2.05, 4.69) is 15.7 Å². The van der Waals surface area contributed by atoms with Crippen molar-refractivity contribution in [1.29, 1.82) is 0 Å². The number of amides is 2. The van der Waals surface area contributed by atoms with Gasteiger partial charge in [0.25, 0.3) is 0 Å². The largest absolute Gasteiger partial charge is 0.497 e. The van der Waals surface area contributed by atoms with E-state index in [9.17, 15) is 9.18 Å². The Bertz CT molecular complexity index is 971. The Hall–Kier alpha value is -3.35. The van der Waals surface area contributed by atoms with Gasteiger partial charge in [0.05, 0.1) is 13.7 Å². The number of halogens is 1. The van der Waals surface area contributed by atoms with Gasteiger partial charge in [-0.3, -0.25) is 10.00 Å². The molecular formula is C21H21FN4O2. The topological polar surface area (TPSA) is 68.2 Å². The molecule has 0 aliphatic heterocycles. The lowest BCUT2D eigenvalue weighted by atomic mass is 10.1. The number of anilines is 1. The molecule has 7 heteroatoms. The molecule has 1 aliphatic carbocycles. The fourth-order valence-electron chi connectivity index (χ4n) is 3.22. The zero-order valence-electron chi connectivity index (χ0n) is 15.4. The van der Waals surface area contributed by atoms with Gasteiger partial charge in [0.15, 0.2) is 5.82 Å². The van der Waals surface area contributed by atoms with E-state index < -0.39 is 0 Å². The molecule has 2 aromatic carbocycles. The van der Waals surface area contributed by atoms with Crippen molar-refractivity contribution < 1.29 is 13.9 Å². The molecule has 1 saturated carbocycles. The molecule has 2 amide bonds. The molecule has 1 aromatic heterocycles. The van der Waals surface area contributed by atoms with Crippen LogP contribution < -0.4 is 15.4 Å². The monoisotopic (exact) mass is 380 g/mol. The van der Waals surface area contributed by atoms with Gasteiger partial charge in [0, 0.05) is 24.2 Å². The van der Waals surface area contributed by atoms with Crippen molar-refractivity contribution >= 4 is 11.8 Å². The molecule has 0 unspecified atom stereocenters. The van der Waals surface area contributed by atoms with E-state index in [0.717, 1.165) is 23.3 Å². The normalized spacial score (nSPS) is 17.8. The van der Waals surface area contributed by atoms with E-state index >= 15 is 0 Å². The van der Waals surface area contributed by atoms with Gasteiger partial charge in [0.2, 0.25) is 0 Å². The lowest BCUT2D eigenvalue weighted by molar-refractivity contribution is 0.251. The average molecular weight is 380 g/mol. The molecule has 2 atom stereocenters. The first-order valence-corrected chi connectivity index (χ1v) is 9.10. The second-order valence-electron chi connectivity index (χ2n) is 6.85. The zero-order chi connectivity index (χ0) is 19.5. The maximum absolute atomic E-state index is 13.3. The van der Waals surface area contributed by atoms with E-state index in [1.54, 1.807) is 23.9 Å². The van der Waals surface area contributed by atoms with Crippen LogP contribution in [-0.2, 0) is 6.54 Å². The van der Waals surface area contributed by atoms with E-state index in [-0.39, 0.29) is 23.8 Å². The van der Waals surface area contributed by atoms with E-state index in [0.29, 0.717) is 12.4 Å². The number of hydrogen-bond donors (Lipinski definition) is 2. The van der Waals surface area contributed by atoms with Crippen LogP contribution in [0.5, 0.6) is 5.75 Å². The summed E-state index contributed by atoms with van der Waals surface area (Å²) in [5, 5.41) is 10.0. The molecule has 0 spiro atoms. The third-order valence-corrected chi connectivity index (χ3v) is 4.77. The fourth-order valence-corrected chi connectivity index (χ4v) is 3.22. The van der Waals surface area contributed by atoms with Crippen molar-refractivity contribution in [1.82, 2.24) is 15.1 Å². The summed E-state index contributed by atoms with van der Waals surface area (Å²) in [7, 11) is 1.63. The molecular weight excluding hydrogens is 359 g/mol. The summed E-state index contributed by atoms with van der Waals surface area (Å²) in [5.74, 6) is 1.19. The van der Waals surface area contributed by atoms with Crippen LogP contribution in [0.4, 0.5) is 15.0 Å². The summed E-state index contributed by atoms with van der Waals surface area (Å²) >= 11 is 0. The standard InChI is InChI=1S/C21H21FN4O2/c1-28-17-7-5-14(6-8-17)13-26-10-9-20(25-26)24-21(27)23-19-12-18(19)15-3-2-4-16(22)11-15/h2-11,18-19H,12-13H2,1H3,(H2,23,24,25,27)/t18-,19+/m0/s1. The van der Waals surface area contributed by atoms with Gasteiger partial charge in [0.1, 0.15) is 11.6 Å². The highest BCUT2D eigenvalue weighted by molar-refractivity contribution is 5.88. The Morgan fingerprint density at radius 2 is 2.07 bits per heavy atom. The molecule has 144 valence electrons. The minimum atomic E-state index is -0.307.